The summed E-state index contributed by atoms with van der Waals surface area (Å²) in [7, 11) is 0. The molecule has 1 heteroatoms. The number of fused-ring (bicyclic) bond motifs is 1. The van der Waals surface area contributed by atoms with E-state index in [1.807, 2.05) is 37.3 Å². The zero-order valence-electron chi connectivity index (χ0n) is 10.9. The molecule has 0 spiro atoms. The summed E-state index contributed by atoms with van der Waals surface area (Å²) >= 11 is 0. The molecule has 0 saturated heterocycles. The molecule has 88 valence electrons. The minimum absolute atomic E-state index is 0.112. The van der Waals surface area contributed by atoms with Crippen LogP contribution < -0.4 is 0 Å². The SMILES string of the molecule is C/C=C1\C=C(C(C)(C)C)C(=O)c2ccccc21. The molecule has 0 heterocycles. The van der Waals surface area contributed by atoms with Crippen LogP contribution in [0.25, 0.3) is 5.57 Å². The van der Waals surface area contributed by atoms with Gasteiger partial charge in [-0.05, 0) is 29.6 Å². The molecule has 0 fully saturated rings. The number of hydrogen-bond donors (Lipinski definition) is 0. The van der Waals surface area contributed by atoms with Gasteiger partial charge in [-0.1, -0.05) is 51.1 Å². The molecular formula is C16H18O. The number of carbonyl (C=O) groups excluding carboxylic acids is 1. The van der Waals surface area contributed by atoms with Gasteiger partial charge in [-0.2, -0.15) is 0 Å². The molecule has 0 aromatic heterocycles. The van der Waals surface area contributed by atoms with Crippen LogP contribution in [0.5, 0.6) is 0 Å². The van der Waals surface area contributed by atoms with Gasteiger partial charge in [-0.25, -0.2) is 0 Å². The van der Waals surface area contributed by atoms with Crippen LogP contribution in [0.2, 0.25) is 0 Å². The maximum absolute atomic E-state index is 12.4. The molecule has 0 bridgehead atoms. The molecule has 0 amide bonds. The van der Waals surface area contributed by atoms with Gasteiger partial charge < -0.3 is 0 Å². The third kappa shape index (κ3) is 1.97. The topological polar surface area (TPSA) is 17.1 Å². The van der Waals surface area contributed by atoms with Crippen molar-refractivity contribution in [3.63, 3.8) is 0 Å². The number of Topliss-reactive ketones (excluding diaryl/α,β-unsaturated/α-hetero) is 1. The van der Waals surface area contributed by atoms with Crippen molar-refractivity contribution in [2.45, 2.75) is 27.7 Å². The summed E-state index contributed by atoms with van der Waals surface area (Å²) in [5.74, 6) is 0.165. The molecule has 2 rings (SSSR count). The van der Waals surface area contributed by atoms with E-state index in [1.165, 1.54) is 0 Å². The summed E-state index contributed by atoms with van der Waals surface area (Å²) in [5, 5.41) is 0. The molecule has 0 saturated carbocycles. The first kappa shape index (κ1) is 11.8. The fourth-order valence-electron chi connectivity index (χ4n) is 2.17. The van der Waals surface area contributed by atoms with Crippen LogP contribution in [0.4, 0.5) is 0 Å². The highest BCUT2D eigenvalue weighted by molar-refractivity contribution is 6.16. The Kier molecular flexibility index (Phi) is 2.78. The quantitative estimate of drug-likeness (QED) is 0.646. The van der Waals surface area contributed by atoms with Crippen LogP contribution in [0.3, 0.4) is 0 Å². The van der Waals surface area contributed by atoms with E-state index < -0.39 is 0 Å². The van der Waals surface area contributed by atoms with E-state index >= 15 is 0 Å². The summed E-state index contributed by atoms with van der Waals surface area (Å²) in [5.41, 5.74) is 3.80. The largest absolute Gasteiger partial charge is 0.289 e. The Morgan fingerprint density at radius 2 is 1.65 bits per heavy atom. The molecule has 1 aliphatic carbocycles. The Bertz CT molecular complexity index is 525. The van der Waals surface area contributed by atoms with E-state index in [2.05, 4.69) is 26.8 Å². The maximum Gasteiger partial charge on any atom is 0.190 e. The van der Waals surface area contributed by atoms with Crippen molar-refractivity contribution in [3.8, 4) is 0 Å². The van der Waals surface area contributed by atoms with Gasteiger partial charge in [0.2, 0.25) is 0 Å². The second-order valence-electron chi connectivity index (χ2n) is 5.43. The molecule has 0 atom stereocenters. The van der Waals surface area contributed by atoms with Gasteiger partial charge in [-0.3, -0.25) is 4.79 Å². The van der Waals surface area contributed by atoms with Gasteiger partial charge in [-0.15, -0.1) is 0 Å². The van der Waals surface area contributed by atoms with E-state index in [0.29, 0.717) is 0 Å². The molecule has 0 aliphatic heterocycles. The number of carbonyl (C=O) groups is 1. The summed E-state index contributed by atoms with van der Waals surface area (Å²) < 4.78 is 0. The molecule has 0 unspecified atom stereocenters. The molecule has 1 nitrogen and oxygen atoms in total. The zero-order valence-corrected chi connectivity index (χ0v) is 10.9. The Morgan fingerprint density at radius 1 is 1.06 bits per heavy atom. The van der Waals surface area contributed by atoms with Crippen LogP contribution >= 0.6 is 0 Å². The Labute approximate surface area is 103 Å². The molecule has 0 radical (unpaired) electrons. The highest BCUT2D eigenvalue weighted by Crippen LogP contribution is 2.37. The van der Waals surface area contributed by atoms with Gasteiger partial charge in [0.25, 0.3) is 0 Å². The molecule has 1 aliphatic rings. The van der Waals surface area contributed by atoms with Gasteiger partial charge in [0.1, 0.15) is 0 Å². The van der Waals surface area contributed by atoms with Crippen LogP contribution in [0.1, 0.15) is 43.6 Å². The minimum Gasteiger partial charge on any atom is -0.289 e. The van der Waals surface area contributed by atoms with Gasteiger partial charge in [0, 0.05) is 11.1 Å². The average molecular weight is 226 g/mol. The smallest absolute Gasteiger partial charge is 0.190 e. The standard InChI is InChI=1S/C16H18O/c1-5-11-10-14(16(2,3)4)15(17)13-9-7-6-8-12(11)13/h5-10H,1-4H3/b11-5+. The second kappa shape index (κ2) is 3.99. The highest BCUT2D eigenvalue weighted by Gasteiger charge is 2.29. The monoisotopic (exact) mass is 226 g/mol. The number of allylic oxidation sites excluding steroid dienone is 4. The molecule has 1 aromatic rings. The Balaban J connectivity index is 2.66. The lowest BCUT2D eigenvalue weighted by atomic mass is 9.76. The lowest BCUT2D eigenvalue weighted by Crippen LogP contribution is -2.22. The first-order valence-corrected chi connectivity index (χ1v) is 5.97. The van der Waals surface area contributed by atoms with Crippen molar-refractivity contribution in [1.29, 1.82) is 0 Å². The van der Waals surface area contributed by atoms with E-state index in [4.69, 9.17) is 0 Å². The van der Waals surface area contributed by atoms with E-state index in [9.17, 15) is 4.79 Å². The van der Waals surface area contributed by atoms with Crippen LogP contribution in [0, 0.1) is 5.41 Å². The fraction of sp³-hybridized carbons (Fsp3) is 0.312. The first-order chi connectivity index (χ1) is 7.95. The molecular weight excluding hydrogens is 208 g/mol. The van der Waals surface area contributed by atoms with Gasteiger partial charge in [0.05, 0.1) is 0 Å². The predicted octanol–water partition coefficient (Wildman–Crippen LogP) is 4.26. The Hall–Kier alpha value is -1.63. The van der Waals surface area contributed by atoms with Crippen molar-refractivity contribution in [2.24, 2.45) is 5.41 Å². The van der Waals surface area contributed by atoms with Crippen LogP contribution in [-0.4, -0.2) is 5.78 Å². The molecule has 0 N–H and O–H groups in total. The van der Waals surface area contributed by atoms with E-state index in [-0.39, 0.29) is 11.2 Å². The van der Waals surface area contributed by atoms with Crippen molar-refractivity contribution in [2.75, 3.05) is 0 Å². The lowest BCUT2D eigenvalue weighted by molar-refractivity contribution is 0.101. The Morgan fingerprint density at radius 3 is 2.18 bits per heavy atom. The van der Waals surface area contributed by atoms with E-state index in [0.717, 1.165) is 22.3 Å². The normalized spacial score (nSPS) is 18.0. The minimum atomic E-state index is -0.112. The van der Waals surface area contributed by atoms with Crippen molar-refractivity contribution in [1.82, 2.24) is 0 Å². The fourth-order valence-corrected chi connectivity index (χ4v) is 2.17. The zero-order chi connectivity index (χ0) is 12.6. The number of benzene rings is 1. The molecule has 17 heavy (non-hydrogen) atoms. The summed E-state index contributed by atoms with van der Waals surface area (Å²) in [6, 6.07) is 7.83. The van der Waals surface area contributed by atoms with Crippen LogP contribution in [-0.2, 0) is 0 Å². The summed E-state index contributed by atoms with van der Waals surface area (Å²) in [6.45, 7) is 8.26. The maximum atomic E-state index is 12.4. The lowest BCUT2D eigenvalue weighted by Gasteiger charge is -2.27. The molecule has 1 aromatic carbocycles. The third-order valence-electron chi connectivity index (χ3n) is 3.15. The van der Waals surface area contributed by atoms with Gasteiger partial charge in [0.15, 0.2) is 5.78 Å². The van der Waals surface area contributed by atoms with Crippen molar-refractivity contribution >= 4 is 11.4 Å². The highest BCUT2D eigenvalue weighted by atomic mass is 16.1. The van der Waals surface area contributed by atoms with Gasteiger partial charge >= 0.3 is 0 Å². The van der Waals surface area contributed by atoms with Crippen molar-refractivity contribution < 1.29 is 4.79 Å². The number of hydrogen-bond acceptors (Lipinski definition) is 1. The van der Waals surface area contributed by atoms with E-state index in [1.54, 1.807) is 0 Å². The average Bonchev–Trinajstić information content (AvgIpc) is 2.28. The predicted molar refractivity (Wildman–Crippen MR) is 72.0 cm³/mol. The number of ketones is 1. The first-order valence-electron chi connectivity index (χ1n) is 5.97. The summed E-state index contributed by atoms with van der Waals surface area (Å²) in [4.78, 5) is 12.4. The van der Waals surface area contributed by atoms with Crippen LogP contribution in [0.15, 0.2) is 42.0 Å². The number of rotatable bonds is 0. The second-order valence-corrected chi connectivity index (χ2v) is 5.43. The summed E-state index contributed by atoms with van der Waals surface area (Å²) in [6.07, 6.45) is 4.10. The van der Waals surface area contributed by atoms with Crippen molar-refractivity contribution in [3.05, 3.63) is 53.1 Å². The third-order valence-corrected chi connectivity index (χ3v) is 3.15.